The van der Waals surface area contributed by atoms with Gasteiger partial charge in [-0.05, 0) is 77.6 Å². The summed E-state index contributed by atoms with van der Waals surface area (Å²) >= 11 is 0. The van der Waals surface area contributed by atoms with E-state index < -0.39 is 11.4 Å². The molecule has 2 aliphatic rings. The lowest BCUT2D eigenvalue weighted by Gasteiger charge is -2.36. The number of carbonyl (C=O) groups is 2. The molecule has 2 aliphatic heterocycles. The Labute approximate surface area is 234 Å². The highest BCUT2D eigenvalue weighted by Crippen LogP contribution is 2.45. The summed E-state index contributed by atoms with van der Waals surface area (Å²) < 4.78 is 28.4. The molecule has 0 spiro atoms. The lowest BCUT2D eigenvalue weighted by atomic mass is 9.92. The number of ether oxygens (including phenoxy) is 2. The topological polar surface area (TPSA) is 76.9 Å². The second-order valence-corrected chi connectivity index (χ2v) is 11.7. The van der Waals surface area contributed by atoms with Crippen LogP contribution in [0.2, 0.25) is 0 Å². The highest BCUT2D eigenvalue weighted by molar-refractivity contribution is 5.95. The van der Waals surface area contributed by atoms with Crippen molar-refractivity contribution in [3.05, 3.63) is 60.2 Å². The molecule has 1 aromatic heterocycles. The van der Waals surface area contributed by atoms with E-state index in [1.807, 2.05) is 50.7 Å². The molecular formula is C31H37FN4O4. The van der Waals surface area contributed by atoms with Gasteiger partial charge in [-0.1, -0.05) is 12.1 Å². The van der Waals surface area contributed by atoms with Crippen LogP contribution in [0.3, 0.4) is 0 Å². The largest absolute Gasteiger partial charge is 0.453 e. The number of hydrogen-bond acceptors (Lipinski definition) is 5. The molecule has 212 valence electrons. The number of piperidine rings is 1. The molecule has 1 unspecified atom stereocenters. The van der Waals surface area contributed by atoms with Crippen molar-refractivity contribution in [3.63, 3.8) is 0 Å². The van der Waals surface area contributed by atoms with Crippen LogP contribution in [0, 0.1) is 5.82 Å². The predicted molar refractivity (Wildman–Crippen MR) is 151 cm³/mol. The summed E-state index contributed by atoms with van der Waals surface area (Å²) in [6, 6.07) is 10.4. The average Bonchev–Trinajstić information content (AvgIpc) is 3.39. The molecule has 0 N–H and O–H groups in total. The SMILES string of the molecule is CC(=O)N1c2ccc(-c3cnn(C4CCN(C(=O)OC(C)(C)C)CC4)c3)c(Oc3ccccc3F)c2CCC1C. The Kier molecular flexibility index (Phi) is 7.57. The first kappa shape index (κ1) is 27.7. The van der Waals surface area contributed by atoms with Gasteiger partial charge < -0.3 is 19.3 Å². The molecule has 3 heterocycles. The van der Waals surface area contributed by atoms with Gasteiger partial charge in [0.1, 0.15) is 11.4 Å². The lowest BCUT2D eigenvalue weighted by Crippen LogP contribution is -2.42. The molecular weight excluding hydrogens is 511 g/mol. The molecule has 0 saturated carbocycles. The number of likely N-dealkylation sites (tertiary alicyclic amines) is 1. The van der Waals surface area contributed by atoms with E-state index in [-0.39, 0.29) is 29.8 Å². The van der Waals surface area contributed by atoms with E-state index in [9.17, 15) is 14.0 Å². The summed E-state index contributed by atoms with van der Waals surface area (Å²) in [7, 11) is 0. The van der Waals surface area contributed by atoms with E-state index in [1.54, 1.807) is 41.1 Å². The van der Waals surface area contributed by atoms with Crippen LogP contribution in [0.1, 0.15) is 65.5 Å². The molecule has 2 amide bonds. The Balaban J connectivity index is 1.44. The zero-order valence-electron chi connectivity index (χ0n) is 23.8. The molecule has 1 saturated heterocycles. The van der Waals surface area contributed by atoms with Gasteiger partial charge in [0.15, 0.2) is 11.6 Å². The van der Waals surface area contributed by atoms with Crippen LogP contribution in [0.4, 0.5) is 14.9 Å². The number of fused-ring (bicyclic) bond motifs is 1. The number of rotatable bonds is 4. The van der Waals surface area contributed by atoms with E-state index in [4.69, 9.17) is 9.47 Å². The van der Waals surface area contributed by atoms with Gasteiger partial charge in [-0.2, -0.15) is 5.10 Å². The van der Waals surface area contributed by atoms with Gasteiger partial charge >= 0.3 is 6.09 Å². The molecule has 5 rings (SSSR count). The number of aromatic nitrogens is 2. The van der Waals surface area contributed by atoms with E-state index >= 15 is 0 Å². The second kappa shape index (κ2) is 10.9. The Hall–Kier alpha value is -3.88. The third-order valence-corrected chi connectivity index (χ3v) is 7.54. The monoisotopic (exact) mass is 548 g/mol. The van der Waals surface area contributed by atoms with Crippen LogP contribution in [0.15, 0.2) is 48.8 Å². The van der Waals surface area contributed by atoms with E-state index in [0.717, 1.165) is 41.6 Å². The van der Waals surface area contributed by atoms with Gasteiger partial charge in [-0.15, -0.1) is 0 Å². The number of anilines is 1. The minimum atomic E-state index is -0.526. The Morgan fingerprint density at radius 2 is 1.77 bits per heavy atom. The third kappa shape index (κ3) is 5.69. The fourth-order valence-electron chi connectivity index (χ4n) is 5.58. The summed E-state index contributed by atoms with van der Waals surface area (Å²) in [6.07, 6.45) is 6.49. The van der Waals surface area contributed by atoms with Crippen LogP contribution >= 0.6 is 0 Å². The number of hydrogen-bond donors (Lipinski definition) is 0. The van der Waals surface area contributed by atoms with Crippen molar-refractivity contribution >= 4 is 17.7 Å². The van der Waals surface area contributed by atoms with Crippen LogP contribution in [0.25, 0.3) is 11.1 Å². The number of para-hydroxylation sites is 1. The smallest absolute Gasteiger partial charge is 0.410 e. The number of halogens is 1. The zero-order chi connectivity index (χ0) is 28.6. The number of amides is 2. The van der Waals surface area contributed by atoms with Gasteiger partial charge in [0.25, 0.3) is 0 Å². The van der Waals surface area contributed by atoms with Crippen LogP contribution in [-0.2, 0) is 16.0 Å². The van der Waals surface area contributed by atoms with Crippen molar-refractivity contribution in [2.45, 2.75) is 78.0 Å². The Bertz CT molecular complexity index is 1400. The van der Waals surface area contributed by atoms with Gasteiger partial charge in [0.2, 0.25) is 5.91 Å². The van der Waals surface area contributed by atoms with Crippen molar-refractivity contribution in [2.75, 3.05) is 18.0 Å². The maximum atomic E-state index is 14.7. The first-order valence-electron chi connectivity index (χ1n) is 13.9. The summed E-state index contributed by atoms with van der Waals surface area (Å²) in [6.45, 7) is 10.4. The molecule has 40 heavy (non-hydrogen) atoms. The number of benzene rings is 2. The molecule has 8 nitrogen and oxygen atoms in total. The fraction of sp³-hybridized carbons (Fsp3) is 0.452. The molecule has 2 aromatic carbocycles. The van der Waals surface area contributed by atoms with Gasteiger partial charge in [-0.3, -0.25) is 9.48 Å². The van der Waals surface area contributed by atoms with Gasteiger partial charge in [0.05, 0.1) is 17.9 Å². The van der Waals surface area contributed by atoms with Crippen molar-refractivity contribution in [1.82, 2.24) is 14.7 Å². The van der Waals surface area contributed by atoms with Crippen molar-refractivity contribution in [3.8, 4) is 22.6 Å². The van der Waals surface area contributed by atoms with E-state index in [1.165, 1.54) is 6.07 Å². The normalized spacial score (nSPS) is 17.9. The predicted octanol–water partition coefficient (Wildman–Crippen LogP) is 6.74. The van der Waals surface area contributed by atoms with E-state index in [2.05, 4.69) is 5.10 Å². The Morgan fingerprint density at radius 3 is 2.45 bits per heavy atom. The second-order valence-electron chi connectivity index (χ2n) is 11.7. The number of nitrogens with zero attached hydrogens (tertiary/aromatic N) is 4. The van der Waals surface area contributed by atoms with Crippen LogP contribution in [-0.4, -0.2) is 51.4 Å². The molecule has 9 heteroatoms. The van der Waals surface area contributed by atoms with E-state index in [0.29, 0.717) is 25.3 Å². The molecule has 1 atom stereocenters. The van der Waals surface area contributed by atoms with Gasteiger partial charge in [-0.25, -0.2) is 9.18 Å². The summed E-state index contributed by atoms with van der Waals surface area (Å²) in [5, 5.41) is 4.67. The van der Waals surface area contributed by atoms with Crippen LogP contribution < -0.4 is 9.64 Å². The average molecular weight is 549 g/mol. The van der Waals surface area contributed by atoms with Crippen molar-refractivity contribution in [1.29, 1.82) is 0 Å². The molecule has 0 radical (unpaired) electrons. The standard InChI is InChI=1S/C31H37FN4O4/c1-20-10-11-25-27(36(20)21(2)37)13-12-24(29(25)39-28-9-7-6-8-26(28)32)22-18-33-35(19-22)23-14-16-34(17-15-23)30(38)40-31(3,4)5/h6-9,12-13,18-20,23H,10-11,14-17H2,1-5H3. The Morgan fingerprint density at radius 1 is 1.05 bits per heavy atom. The maximum absolute atomic E-state index is 14.7. The summed E-state index contributed by atoms with van der Waals surface area (Å²) in [5.74, 6) is 0.182. The van der Waals surface area contributed by atoms with Gasteiger partial charge in [0, 0.05) is 48.9 Å². The van der Waals surface area contributed by atoms with Crippen molar-refractivity contribution < 1.29 is 23.5 Å². The molecule has 0 aliphatic carbocycles. The lowest BCUT2D eigenvalue weighted by molar-refractivity contribution is -0.117. The minimum absolute atomic E-state index is 0.0383. The highest BCUT2D eigenvalue weighted by atomic mass is 19.1. The minimum Gasteiger partial charge on any atom is -0.453 e. The fourth-order valence-corrected chi connectivity index (χ4v) is 5.58. The first-order chi connectivity index (χ1) is 19.0. The first-order valence-corrected chi connectivity index (χ1v) is 13.9. The van der Waals surface area contributed by atoms with Crippen molar-refractivity contribution in [2.24, 2.45) is 0 Å². The third-order valence-electron chi connectivity index (χ3n) is 7.54. The highest BCUT2D eigenvalue weighted by Gasteiger charge is 2.31. The molecule has 1 fully saturated rings. The molecule has 0 bridgehead atoms. The summed E-state index contributed by atoms with van der Waals surface area (Å²) in [4.78, 5) is 28.6. The maximum Gasteiger partial charge on any atom is 0.410 e. The van der Waals surface area contributed by atoms with Crippen LogP contribution in [0.5, 0.6) is 11.5 Å². The summed E-state index contributed by atoms with van der Waals surface area (Å²) in [5.41, 5.74) is 2.78. The molecule has 3 aromatic rings. The quantitative estimate of drug-likeness (QED) is 0.361. The number of carbonyl (C=O) groups excluding carboxylic acids is 2. The zero-order valence-corrected chi connectivity index (χ0v) is 23.8.